The molecule has 0 bridgehead atoms. The average molecular weight is 286 g/mol. The zero-order valence-electron chi connectivity index (χ0n) is 14.5. The third-order valence-corrected chi connectivity index (χ3v) is 3.34. The number of hydrogen-bond acceptors (Lipinski definition) is 4. The van der Waals surface area contributed by atoms with Gasteiger partial charge >= 0.3 is 5.97 Å². The van der Waals surface area contributed by atoms with E-state index in [4.69, 9.17) is 4.74 Å². The summed E-state index contributed by atoms with van der Waals surface area (Å²) in [4.78, 5) is 14.7. The minimum atomic E-state index is -0.634. The second-order valence-electron chi connectivity index (χ2n) is 6.40. The SMILES string of the molecule is CCCNC(C)(CN(CC(C)C)C(C)C)C(=O)OCC. The highest BCUT2D eigenvalue weighted by Gasteiger charge is 2.36. The van der Waals surface area contributed by atoms with Crippen LogP contribution >= 0.6 is 0 Å². The molecule has 0 amide bonds. The van der Waals surface area contributed by atoms with Crippen LogP contribution in [0.4, 0.5) is 0 Å². The number of esters is 1. The molecule has 120 valence electrons. The van der Waals surface area contributed by atoms with Crippen LogP contribution in [0.3, 0.4) is 0 Å². The highest BCUT2D eigenvalue weighted by molar-refractivity contribution is 5.80. The predicted octanol–water partition coefficient (Wildman–Crippen LogP) is 2.67. The topological polar surface area (TPSA) is 41.6 Å². The monoisotopic (exact) mass is 286 g/mol. The Balaban J connectivity index is 4.95. The first kappa shape index (κ1) is 19.4. The summed E-state index contributed by atoms with van der Waals surface area (Å²) in [6, 6.07) is 0.412. The maximum atomic E-state index is 12.3. The molecule has 1 atom stereocenters. The Morgan fingerprint density at radius 2 is 1.85 bits per heavy atom. The van der Waals surface area contributed by atoms with Crippen LogP contribution in [0, 0.1) is 5.92 Å². The van der Waals surface area contributed by atoms with E-state index in [2.05, 4.69) is 44.8 Å². The molecular formula is C16H34N2O2. The van der Waals surface area contributed by atoms with Crippen molar-refractivity contribution in [1.29, 1.82) is 0 Å². The lowest BCUT2D eigenvalue weighted by Crippen LogP contribution is -2.59. The first-order chi connectivity index (χ1) is 9.26. The van der Waals surface area contributed by atoms with Crippen molar-refractivity contribution in [3.63, 3.8) is 0 Å². The molecule has 0 aromatic carbocycles. The molecule has 1 unspecified atom stereocenters. The van der Waals surface area contributed by atoms with E-state index >= 15 is 0 Å². The molecule has 0 aliphatic rings. The molecule has 0 radical (unpaired) electrons. The second-order valence-corrected chi connectivity index (χ2v) is 6.40. The third kappa shape index (κ3) is 6.71. The van der Waals surface area contributed by atoms with Gasteiger partial charge in [-0.25, -0.2) is 0 Å². The Hall–Kier alpha value is -0.610. The zero-order valence-corrected chi connectivity index (χ0v) is 14.5. The third-order valence-electron chi connectivity index (χ3n) is 3.34. The van der Waals surface area contributed by atoms with Crippen LogP contribution in [-0.4, -0.2) is 48.7 Å². The highest BCUT2D eigenvalue weighted by Crippen LogP contribution is 2.14. The Labute approximate surface area is 125 Å². The predicted molar refractivity (Wildman–Crippen MR) is 84.9 cm³/mol. The molecule has 4 nitrogen and oxygen atoms in total. The summed E-state index contributed by atoms with van der Waals surface area (Å²) in [6.45, 7) is 17.6. The number of nitrogens with zero attached hydrogens (tertiary/aromatic N) is 1. The largest absolute Gasteiger partial charge is 0.465 e. The molecule has 0 fully saturated rings. The Bertz CT molecular complexity index is 280. The lowest BCUT2D eigenvalue weighted by Gasteiger charge is -2.37. The molecule has 0 aliphatic carbocycles. The summed E-state index contributed by atoms with van der Waals surface area (Å²) >= 11 is 0. The fraction of sp³-hybridized carbons (Fsp3) is 0.938. The van der Waals surface area contributed by atoms with Crippen molar-refractivity contribution in [2.75, 3.05) is 26.2 Å². The minimum absolute atomic E-state index is 0.150. The van der Waals surface area contributed by atoms with E-state index in [0.29, 0.717) is 25.1 Å². The smallest absolute Gasteiger partial charge is 0.327 e. The van der Waals surface area contributed by atoms with Gasteiger partial charge in [-0.15, -0.1) is 0 Å². The molecule has 0 aromatic heterocycles. The summed E-state index contributed by atoms with van der Waals surface area (Å²) in [6.07, 6.45) is 1.00. The zero-order chi connectivity index (χ0) is 15.8. The Morgan fingerprint density at radius 3 is 2.25 bits per heavy atom. The van der Waals surface area contributed by atoms with E-state index in [1.165, 1.54) is 0 Å². The summed E-state index contributed by atoms with van der Waals surface area (Å²) in [7, 11) is 0. The van der Waals surface area contributed by atoms with E-state index in [-0.39, 0.29) is 5.97 Å². The molecule has 0 saturated carbocycles. The summed E-state index contributed by atoms with van der Waals surface area (Å²) in [5, 5.41) is 3.37. The van der Waals surface area contributed by atoms with Crippen molar-refractivity contribution in [2.24, 2.45) is 5.92 Å². The lowest BCUT2D eigenvalue weighted by molar-refractivity contribution is -0.151. The summed E-state index contributed by atoms with van der Waals surface area (Å²) < 4.78 is 5.26. The van der Waals surface area contributed by atoms with Gasteiger partial charge in [0.05, 0.1) is 6.61 Å². The molecule has 0 saturated heterocycles. The summed E-state index contributed by atoms with van der Waals surface area (Å²) in [5.41, 5.74) is -0.634. The molecule has 20 heavy (non-hydrogen) atoms. The van der Waals surface area contributed by atoms with Crippen LogP contribution in [-0.2, 0) is 9.53 Å². The van der Waals surface area contributed by atoms with Crippen LogP contribution in [0.25, 0.3) is 0 Å². The summed E-state index contributed by atoms with van der Waals surface area (Å²) in [5.74, 6) is 0.429. The van der Waals surface area contributed by atoms with Crippen LogP contribution in [0.15, 0.2) is 0 Å². The van der Waals surface area contributed by atoms with Gasteiger partial charge < -0.3 is 10.1 Å². The number of hydrogen-bond donors (Lipinski definition) is 1. The van der Waals surface area contributed by atoms with Gasteiger partial charge in [-0.2, -0.15) is 0 Å². The fourth-order valence-corrected chi connectivity index (χ4v) is 2.22. The van der Waals surface area contributed by atoms with Gasteiger partial charge in [0.15, 0.2) is 0 Å². The second kappa shape index (κ2) is 9.35. The van der Waals surface area contributed by atoms with Gasteiger partial charge in [0.2, 0.25) is 0 Å². The number of nitrogens with one attached hydrogen (secondary N) is 1. The molecular weight excluding hydrogens is 252 g/mol. The molecule has 4 heteroatoms. The standard InChI is InChI=1S/C16H34N2O2/c1-8-10-17-16(7,15(19)20-9-2)12-18(14(5)6)11-13(3)4/h13-14,17H,8-12H2,1-7H3. The molecule has 0 spiro atoms. The first-order valence-electron chi connectivity index (χ1n) is 7.93. The van der Waals surface area contributed by atoms with Gasteiger partial charge in [0.1, 0.15) is 5.54 Å². The van der Waals surface area contributed by atoms with Gasteiger partial charge in [-0.3, -0.25) is 9.69 Å². The van der Waals surface area contributed by atoms with Crippen LogP contribution in [0.5, 0.6) is 0 Å². The van der Waals surface area contributed by atoms with Gasteiger partial charge in [0, 0.05) is 19.1 Å². The number of rotatable bonds is 10. The normalized spacial score (nSPS) is 14.9. The molecule has 0 aromatic rings. The quantitative estimate of drug-likeness (QED) is 0.627. The maximum absolute atomic E-state index is 12.3. The molecule has 0 aliphatic heterocycles. The molecule has 0 heterocycles. The van der Waals surface area contributed by atoms with Gasteiger partial charge in [-0.1, -0.05) is 20.8 Å². The van der Waals surface area contributed by atoms with Crippen LogP contribution in [0.1, 0.15) is 54.9 Å². The van der Waals surface area contributed by atoms with Gasteiger partial charge in [-0.05, 0) is 46.6 Å². The first-order valence-corrected chi connectivity index (χ1v) is 7.93. The van der Waals surface area contributed by atoms with Crippen LogP contribution < -0.4 is 5.32 Å². The van der Waals surface area contributed by atoms with E-state index in [1.807, 2.05) is 13.8 Å². The van der Waals surface area contributed by atoms with Gasteiger partial charge in [0.25, 0.3) is 0 Å². The minimum Gasteiger partial charge on any atom is -0.465 e. The van der Waals surface area contributed by atoms with Crippen LogP contribution in [0.2, 0.25) is 0 Å². The van der Waals surface area contributed by atoms with E-state index in [9.17, 15) is 4.79 Å². The van der Waals surface area contributed by atoms with Crippen molar-refractivity contribution in [1.82, 2.24) is 10.2 Å². The van der Waals surface area contributed by atoms with Crippen molar-refractivity contribution in [2.45, 2.75) is 66.5 Å². The fourth-order valence-electron chi connectivity index (χ4n) is 2.22. The molecule has 1 N–H and O–H groups in total. The van der Waals surface area contributed by atoms with E-state index in [1.54, 1.807) is 0 Å². The highest BCUT2D eigenvalue weighted by atomic mass is 16.5. The number of carbonyl (C=O) groups excluding carboxylic acids is 1. The number of carbonyl (C=O) groups is 1. The average Bonchev–Trinajstić information content (AvgIpc) is 2.35. The Morgan fingerprint density at radius 1 is 1.25 bits per heavy atom. The molecule has 0 rings (SSSR count). The van der Waals surface area contributed by atoms with E-state index < -0.39 is 5.54 Å². The van der Waals surface area contributed by atoms with E-state index in [0.717, 1.165) is 19.5 Å². The lowest BCUT2D eigenvalue weighted by atomic mass is 9.99. The maximum Gasteiger partial charge on any atom is 0.327 e. The van der Waals surface area contributed by atoms with Crippen molar-refractivity contribution in [3.8, 4) is 0 Å². The van der Waals surface area contributed by atoms with Crippen molar-refractivity contribution < 1.29 is 9.53 Å². The van der Waals surface area contributed by atoms with Crippen molar-refractivity contribution >= 4 is 5.97 Å². The Kier molecular flexibility index (Phi) is 9.06. The number of ether oxygens (including phenoxy) is 1. The van der Waals surface area contributed by atoms with Crippen molar-refractivity contribution in [3.05, 3.63) is 0 Å².